The highest BCUT2D eigenvalue weighted by atomic mass is 16.5. The first-order valence-corrected chi connectivity index (χ1v) is 10.2. The van der Waals surface area contributed by atoms with Gasteiger partial charge in [0.1, 0.15) is 0 Å². The smallest absolute Gasteiger partial charge is 0.253 e. The van der Waals surface area contributed by atoms with E-state index < -0.39 is 0 Å². The lowest BCUT2D eigenvalue weighted by Gasteiger charge is -2.23. The van der Waals surface area contributed by atoms with E-state index in [1.165, 1.54) is 10.9 Å². The van der Waals surface area contributed by atoms with Gasteiger partial charge in [-0.15, -0.1) is 0 Å². The molecule has 0 fully saturated rings. The standard InChI is InChI=1S/C24H25N3O2/c1-29-14-13-27-15-19(17-8-3-5-12-22(17)27)24(28)26-21-11-6-9-18-16-7-2-4-10-20(16)25-23(18)21/h2-5,7-8,10,12,15,21,25H,6,9,11,13-14H2,1H3,(H,26,28)/t21-/m1/s1. The van der Waals surface area contributed by atoms with Gasteiger partial charge >= 0.3 is 0 Å². The molecule has 0 saturated heterocycles. The first kappa shape index (κ1) is 18.0. The average Bonchev–Trinajstić information content (AvgIpc) is 3.32. The summed E-state index contributed by atoms with van der Waals surface area (Å²) in [7, 11) is 1.69. The van der Waals surface area contributed by atoms with E-state index in [0.717, 1.165) is 53.5 Å². The minimum Gasteiger partial charge on any atom is -0.383 e. The Morgan fingerprint density at radius 1 is 1.17 bits per heavy atom. The van der Waals surface area contributed by atoms with E-state index >= 15 is 0 Å². The van der Waals surface area contributed by atoms with Crippen LogP contribution in [0.25, 0.3) is 21.8 Å². The van der Waals surface area contributed by atoms with Crippen LogP contribution >= 0.6 is 0 Å². The summed E-state index contributed by atoms with van der Waals surface area (Å²) in [5.74, 6) is -0.0196. The summed E-state index contributed by atoms with van der Waals surface area (Å²) in [6.07, 6.45) is 5.04. The van der Waals surface area contributed by atoms with Crippen LogP contribution in [0.15, 0.2) is 54.7 Å². The fourth-order valence-corrected chi connectivity index (χ4v) is 4.60. The summed E-state index contributed by atoms with van der Waals surface area (Å²) in [4.78, 5) is 16.8. The molecule has 5 rings (SSSR count). The van der Waals surface area contributed by atoms with E-state index in [4.69, 9.17) is 4.74 Å². The van der Waals surface area contributed by atoms with Gasteiger partial charge in [0, 0.05) is 47.4 Å². The number of fused-ring (bicyclic) bond motifs is 4. The minimum absolute atomic E-state index is 0.0136. The number of carbonyl (C=O) groups is 1. The third kappa shape index (κ3) is 3.12. The normalized spacial score (nSPS) is 16.2. The highest BCUT2D eigenvalue weighted by Crippen LogP contribution is 2.35. The Morgan fingerprint density at radius 3 is 2.83 bits per heavy atom. The number of benzene rings is 2. The van der Waals surface area contributed by atoms with E-state index in [2.05, 4.69) is 39.1 Å². The number of nitrogens with zero attached hydrogens (tertiary/aromatic N) is 1. The van der Waals surface area contributed by atoms with Crippen molar-refractivity contribution in [3.05, 3.63) is 71.5 Å². The molecule has 0 aliphatic heterocycles. The fraction of sp³-hybridized carbons (Fsp3) is 0.292. The highest BCUT2D eigenvalue weighted by Gasteiger charge is 2.26. The van der Waals surface area contributed by atoms with Gasteiger partial charge < -0.3 is 19.6 Å². The number of hydrogen-bond donors (Lipinski definition) is 2. The first-order chi connectivity index (χ1) is 14.3. The van der Waals surface area contributed by atoms with E-state index in [1.54, 1.807) is 7.11 Å². The van der Waals surface area contributed by atoms with Crippen LogP contribution in [0.2, 0.25) is 0 Å². The number of aromatic amines is 1. The first-order valence-electron chi connectivity index (χ1n) is 10.2. The molecule has 0 bridgehead atoms. The van der Waals surface area contributed by atoms with Crippen LogP contribution in [0, 0.1) is 0 Å². The quantitative estimate of drug-likeness (QED) is 0.527. The predicted octanol–water partition coefficient (Wildman–Crippen LogP) is 4.58. The average molecular weight is 387 g/mol. The number of hydrogen-bond acceptors (Lipinski definition) is 2. The number of para-hydroxylation sites is 2. The molecule has 5 nitrogen and oxygen atoms in total. The van der Waals surface area contributed by atoms with Gasteiger partial charge in [-0.25, -0.2) is 0 Å². The summed E-state index contributed by atoms with van der Waals surface area (Å²) in [6, 6.07) is 16.5. The van der Waals surface area contributed by atoms with Crippen LogP contribution in [0.4, 0.5) is 0 Å². The Labute approximate surface area is 169 Å². The van der Waals surface area contributed by atoms with Crippen molar-refractivity contribution in [1.82, 2.24) is 14.9 Å². The Balaban J connectivity index is 1.47. The second-order valence-corrected chi connectivity index (χ2v) is 7.73. The number of ether oxygens (including phenoxy) is 1. The molecule has 0 unspecified atom stereocenters. The Hall–Kier alpha value is -3.05. The molecular weight excluding hydrogens is 362 g/mol. The largest absolute Gasteiger partial charge is 0.383 e. The van der Waals surface area contributed by atoms with E-state index in [-0.39, 0.29) is 11.9 Å². The van der Waals surface area contributed by atoms with Crippen LogP contribution < -0.4 is 5.32 Å². The van der Waals surface area contributed by atoms with Gasteiger partial charge in [-0.2, -0.15) is 0 Å². The maximum atomic E-state index is 13.3. The molecule has 1 amide bonds. The van der Waals surface area contributed by atoms with Crippen molar-refractivity contribution < 1.29 is 9.53 Å². The molecule has 29 heavy (non-hydrogen) atoms. The molecule has 148 valence electrons. The maximum Gasteiger partial charge on any atom is 0.253 e. The van der Waals surface area contributed by atoms with Gasteiger partial charge in [-0.1, -0.05) is 36.4 Å². The van der Waals surface area contributed by atoms with Crippen molar-refractivity contribution in [2.75, 3.05) is 13.7 Å². The SMILES string of the molecule is COCCn1cc(C(=O)N[C@@H]2CCCc3c2[nH]c2ccccc32)c2ccccc21. The summed E-state index contributed by atoms with van der Waals surface area (Å²) in [5.41, 5.74) is 5.44. The lowest BCUT2D eigenvalue weighted by Crippen LogP contribution is -2.31. The van der Waals surface area contributed by atoms with Crippen molar-refractivity contribution >= 4 is 27.7 Å². The number of methoxy groups -OCH3 is 1. The van der Waals surface area contributed by atoms with E-state index in [9.17, 15) is 4.79 Å². The van der Waals surface area contributed by atoms with Crippen LogP contribution in [0.5, 0.6) is 0 Å². The lowest BCUT2D eigenvalue weighted by atomic mass is 9.91. The monoisotopic (exact) mass is 387 g/mol. The van der Waals surface area contributed by atoms with Gasteiger partial charge in [0.05, 0.1) is 18.2 Å². The van der Waals surface area contributed by atoms with Crippen molar-refractivity contribution in [1.29, 1.82) is 0 Å². The molecule has 0 radical (unpaired) electrons. The summed E-state index contributed by atoms with van der Waals surface area (Å²) < 4.78 is 7.33. The second-order valence-electron chi connectivity index (χ2n) is 7.73. The third-order valence-corrected chi connectivity index (χ3v) is 5.99. The number of aromatic nitrogens is 2. The predicted molar refractivity (Wildman–Crippen MR) is 115 cm³/mol. The molecule has 2 aromatic heterocycles. The zero-order valence-corrected chi connectivity index (χ0v) is 16.6. The van der Waals surface area contributed by atoms with Crippen molar-refractivity contribution in [2.45, 2.75) is 31.8 Å². The molecule has 1 aliphatic rings. The third-order valence-electron chi connectivity index (χ3n) is 5.99. The Kier molecular flexibility index (Phi) is 4.60. The van der Waals surface area contributed by atoms with Gasteiger partial charge in [0.15, 0.2) is 0 Å². The van der Waals surface area contributed by atoms with Crippen LogP contribution in [0.3, 0.4) is 0 Å². The van der Waals surface area contributed by atoms with Gasteiger partial charge in [-0.05, 0) is 37.0 Å². The molecular formula is C24H25N3O2. The lowest BCUT2D eigenvalue weighted by molar-refractivity contribution is 0.0933. The van der Waals surface area contributed by atoms with E-state index in [1.807, 2.05) is 30.5 Å². The highest BCUT2D eigenvalue weighted by molar-refractivity contribution is 6.07. The zero-order valence-electron chi connectivity index (χ0n) is 16.6. The van der Waals surface area contributed by atoms with Crippen LogP contribution in [-0.2, 0) is 17.7 Å². The zero-order chi connectivity index (χ0) is 19.8. The molecule has 1 aliphatic carbocycles. The molecule has 5 heteroatoms. The van der Waals surface area contributed by atoms with Crippen molar-refractivity contribution in [2.24, 2.45) is 0 Å². The number of amides is 1. The van der Waals surface area contributed by atoms with E-state index in [0.29, 0.717) is 6.61 Å². The number of aryl methyl sites for hydroxylation is 1. The van der Waals surface area contributed by atoms with Crippen LogP contribution in [0.1, 0.15) is 40.5 Å². The number of nitrogens with one attached hydrogen (secondary N) is 2. The van der Waals surface area contributed by atoms with Gasteiger partial charge in [-0.3, -0.25) is 4.79 Å². The molecule has 2 aromatic carbocycles. The topological polar surface area (TPSA) is 59.0 Å². The van der Waals surface area contributed by atoms with Crippen molar-refractivity contribution in [3.8, 4) is 0 Å². The summed E-state index contributed by atoms with van der Waals surface area (Å²) in [6.45, 7) is 1.33. The Morgan fingerprint density at radius 2 is 1.97 bits per heavy atom. The number of H-pyrrole nitrogens is 1. The van der Waals surface area contributed by atoms with Crippen LogP contribution in [-0.4, -0.2) is 29.2 Å². The molecule has 1 atom stereocenters. The summed E-state index contributed by atoms with van der Waals surface area (Å²) >= 11 is 0. The number of rotatable bonds is 5. The second kappa shape index (κ2) is 7.41. The molecule has 0 saturated carbocycles. The van der Waals surface area contributed by atoms with Gasteiger partial charge in [0.25, 0.3) is 5.91 Å². The van der Waals surface area contributed by atoms with Crippen molar-refractivity contribution in [3.63, 3.8) is 0 Å². The minimum atomic E-state index is -0.0196. The maximum absolute atomic E-state index is 13.3. The van der Waals surface area contributed by atoms with Gasteiger partial charge in [0.2, 0.25) is 0 Å². The molecule has 2 heterocycles. The number of carbonyl (C=O) groups excluding carboxylic acids is 1. The Bertz CT molecular complexity index is 1190. The molecule has 2 N–H and O–H groups in total. The molecule has 4 aromatic rings. The summed E-state index contributed by atoms with van der Waals surface area (Å²) in [5, 5.41) is 5.56. The fourth-order valence-electron chi connectivity index (χ4n) is 4.60. The molecule has 0 spiro atoms.